The maximum Gasteiger partial charge on any atom is 0.136 e. The summed E-state index contributed by atoms with van der Waals surface area (Å²) in [5, 5.41) is 4.91. The molecule has 0 amide bonds. The van der Waals surface area contributed by atoms with Crippen molar-refractivity contribution in [3.63, 3.8) is 0 Å². The zero-order valence-electron chi connectivity index (χ0n) is 26.8. The van der Waals surface area contributed by atoms with E-state index < -0.39 is 0 Å². The second kappa shape index (κ2) is 9.08. The molecule has 0 atom stereocenters. The molecule has 0 aliphatic heterocycles. The summed E-state index contributed by atoms with van der Waals surface area (Å²) in [5.41, 5.74) is 14.4. The van der Waals surface area contributed by atoms with Crippen molar-refractivity contribution in [1.82, 2.24) is 4.57 Å². The zero-order valence-corrected chi connectivity index (χ0v) is 26.8. The molecule has 230 valence electrons. The van der Waals surface area contributed by atoms with Crippen molar-refractivity contribution in [1.29, 1.82) is 0 Å². The highest BCUT2D eigenvalue weighted by Gasteiger charge is 2.61. The van der Waals surface area contributed by atoms with Crippen molar-refractivity contribution in [2.45, 2.75) is 37.5 Å². The van der Waals surface area contributed by atoms with Gasteiger partial charge in [-0.05, 0) is 138 Å². The van der Waals surface area contributed by atoms with Crippen LogP contribution in [0.2, 0.25) is 0 Å². The first-order valence-electron chi connectivity index (χ1n) is 17.9. The monoisotopic (exact) mass is 617 g/mol. The van der Waals surface area contributed by atoms with Gasteiger partial charge in [0.25, 0.3) is 0 Å². The fourth-order valence-corrected chi connectivity index (χ4v) is 11.6. The van der Waals surface area contributed by atoms with E-state index in [0.717, 1.165) is 34.8 Å². The second-order valence-corrected chi connectivity index (χ2v) is 15.3. The lowest BCUT2D eigenvalue weighted by molar-refractivity contribution is -0.0399. The van der Waals surface area contributed by atoms with E-state index in [4.69, 9.17) is 4.42 Å². The van der Waals surface area contributed by atoms with Crippen molar-refractivity contribution in [3.05, 3.63) is 139 Å². The zero-order chi connectivity index (χ0) is 31.1. The summed E-state index contributed by atoms with van der Waals surface area (Å²) in [4.78, 5) is 0. The molecule has 4 saturated carbocycles. The maximum absolute atomic E-state index is 6.26. The van der Waals surface area contributed by atoms with Gasteiger partial charge in [0.05, 0.1) is 11.0 Å². The molecule has 0 saturated heterocycles. The van der Waals surface area contributed by atoms with E-state index in [0.29, 0.717) is 0 Å². The van der Waals surface area contributed by atoms with Gasteiger partial charge in [0, 0.05) is 32.6 Å². The normalized spacial score (nSPS) is 25.2. The van der Waals surface area contributed by atoms with E-state index in [2.05, 4.69) is 126 Å². The molecule has 13 rings (SSSR count). The third-order valence-corrected chi connectivity index (χ3v) is 13.2. The largest absolute Gasteiger partial charge is 0.456 e. The van der Waals surface area contributed by atoms with Gasteiger partial charge >= 0.3 is 0 Å². The summed E-state index contributed by atoms with van der Waals surface area (Å²) in [6.45, 7) is 0. The highest BCUT2D eigenvalue weighted by molar-refractivity contribution is 6.11. The Labute approximate surface area is 279 Å². The lowest BCUT2D eigenvalue weighted by atomic mass is 9.43. The molecular weight excluding hydrogens is 583 g/mol. The molecule has 2 nitrogen and oxygen atoms in total. The van der Waals surface area contributed by atoms with E-state index >= 15 is 0 Å². The topological polar surface area (TPSA) is 18.1 Å². The molecular formula is C46H35NO. The molecule has 0 radical (unpaired) electrons. The summed E-state index contributed by atoms with van der Waals surface area (Å²) in [5.74, 6) is 3.48. The number of rotatable bonds is 2. The molecule has 0 unspecified atom stereocenters. The number of benzene rings is 6. The molecule has 5 aliphatic rings. The Morgan fingerprint density at radius 1 is 0.479 bits per heavy atom. The number of hydrogen-bond acceptors (Lipinski definition) is 1. The van der Waals surface area contributed by atoms with Crippen LogP contribution in [0.15, 0.2) is 132 Å². The Morgan fingerprint density at radius 2 is 1.15 bits per heavy atom. The fourth-order valence-electron chi connectivity index (χ4n) is 11.6. The van der Waals surface area contributed by atoms with Crippen LogP contribution in [0.5, 0.6) is 0 Å². The second-order valence-electron chi connectivity index (χ2n) is 15.3. The fraction of sp³-hybridized carbons (Fsp3) is 0.217. The first-order valence-corrected chi connectivity index (χ1v) is 17.9. The lowest BCUT2D eigenvalue weighted by Gasteiger charge is -2.61. The van der Waals surface area contributed by atoms with Gasteiger partial charge in [-0.25, -0.2) is 0 Å². The number of furan rings is 1. The lowest BCUT2D eigenvalue weighted by Crippen LogP contribution is -2.55. The average Bonchev–Trinajstić information content (AvgIpc) is 3.76. The Morgan fingerprint density at radius 3 is 2.02 bits per heavy atom. The minimum atomic E-state index is 0.203. The van der Waals surface area contributed by atoms with Crippen LogP contribution in [0.25, 0.3) is 71.7 Å². The third-order valence-electron chi connectivity index (χ3n) is 13.2. The summed E-state index contributed by atoms with van der Waals surface area (Å²) < 4.78 is 8.77. The molecule has 0 N–H and O–H groups in total. The predicted octanol–water partition coefficient (Wildman–Crippen LogP) is 12.1. The van der Waals surface area contributed by atoms with E-state index in [1.54, 1.807) is 11.1 Å². The van der Waals surface area contributed by atoms with Crippen molar-refractivity contribution >= 4 is 43.7 Å². The standard InChI is InChI=1S/C46H35NO/c1-4-10-40-34(7-1)38-26-33(15-17-41(38)46(40)31-20-27-19-28(22-31)23-32(46)21-27)47-42-11-5-2-8-35(42)39-24-29(14-18-43(39)47)30-13-16-37-36-9-3-6-12-44(36)48-45(37)25-30/h1-18,24-28,31-32H,19-23H2. The van der Waals surface area contributed by atoms with Gasteiger partial charge in [-0.2, -0.15) is 0 Å². The van der Waals surface area contributed by atoms with Gasteiger partial charge in [0.15, 0.2) is 0 Å². The number of para-hydroxylation sites is 2. The van der Waals surface area contributed by atoms with E-state index in [-0.39, 0.29) is 5.41 Å². The Balaban J connectivity index is 1.04. The van der Waals surface area contributed by atoms with Gasteiger partial charge in [-0.1, -0.05) is 78.9 Å². The average molecular weight is 618 g/mol. The van der Waals surface area contributed by atoms with Crippen LogP contribution in [0.3, 0.4) is 0 Å². The van der Waals surface area contributed by atoms with Crippen LogP contribution in [0, 0.1) is 23.7 Å². The highest BCUT2D eigenvalue weighted by atomic mass is 16.3. The van der Waals surface area contributed by atoms with Gasteiger partial charge in [-0.15, -0.1) is 0 Å². The molecule has 4 fully saturated rings. The van der Waals surface area contributed by atoms with Crippen LogP contribution in [0.4, 0.5) is 0 Å². The summed E-state index contributed by atoms with van der Waals surface area (Å²) in [7, 11) is 0. The molecule has 1 spiro atoms. The minimum Gasteiger partial charge on any atom is -0.456 e. The van der Waals surface area contributed by atoms with E-state index in [9.17, 15) is 0 Å². The first-order chi connectivity index (χ1) is 23.7. The summed E-state index contributed by atoms with van der Waals surface area (Å²) in [6.07, 6.45) is 7.16. The van der Waals surface area contributed by atoms with Crippen LogP contribution in [0.1, 0.15) is 43.2 Å². The van der Waals surface area contributed by atoms with Crippen molar-refractivity contribution in [2.75, 3.05) is 0 Å². The smallest absolute Gasteiger partial charge is 0.136 e. The van der Waals surface area contributed by atoms with Gasteiger partial charge in [0.1, 0.15) is 11.2 Å². The minimum absolute atomic E-state index is 0.203. The molecule has 2 heteroatoms. The Kier molecular flexibility index (Phi) is 4.91. The number of nitrogens with zero attached hydrogens (tertiary/aromatic N) is 1. The third kappa shape index (κ3) is 3.19. The molecule has 2 aromatic heterocycles. The van der Waals surface area contributed by atoms with Gasteiger partial charge in [-0.3, -0.25) is 0 Å². The summed E-state index contributed by atoms with van der Waals surface area (Å²) in [6, 6.07) is 47.9. The molecule has 6 aromatic carbocycles. The Hall–Kier alpha value is -5.08. The quantitative estimate of drug-likeness (QED) is 0.189. The maximum atomic E-state index is 6.26. The molecule has 4 bridgehead atoms. The first kappa shape index (κ1) is 25.9. The SMILES string of the molecule is c1ccc2c(c1)-c1cc(-n3c4ccccc4c4cc(-c5ccc6c(c5)oc5ccccc56)ccc43)ccc1C21C2CC3CC(C2)CC1C3. The Bertz CT molecular complexity index is 2620. The molecule has 5 aliphatic carbocycles. The van der Waals surface area contributed by atoms with Crippen LogP contribution in [-0.2, 0) is 5.41 Å². The van der Waals surface area contributed by atoms with Crippen LogP contribution < -0.4 is 0 Å². The molecule has 8 aromatic rings. The van der Waals surface area contributed by atoms with Gasteiger partial charge < -0.3 is 8.98 Å². The summed E-state index contributed by atoms with van der Waals surface area (Å²) >= 11 is 0. The number of aromatic nitrogens is 1. The van der Waals surface area contributed by atoms with Crippen molar-refractivity contribution < 1.29 is 4.42 Å². The highest BCUT2D eigenvalue weighted by Crippen LogP contribution is 2.69. The van der Waals surface area contributed by atoms with Crippen LogP contribution >= 0.6 is 0 Å². The van der Waals surface area contributed by atoms with Crippen molar-refractivity contribution in [3.8, 4) is 27.9 Å². The van der Waals surface area contributed by atoms with Crippen molar-refractivity contribution in [2.24, 2.45) is 23.7 Å². The van der Waals surface area contributed by atoms with E-state index in [1.807, 2.05) is 6.07 Å². The van der Waals surface area contributed by atoms with Crippen LogP contribution in [-0.4, -0.2) is 4.57 Å². The molecule has 2 heterocycles. The van der Waals surface area contributed by atoms with E-state index in [1.165, 1.54) is 92.6 Å². The number of fused-ring (bicyclic) bond motifs is 9. The predicted molar refractivity (Wildman–Crippen MR) is 197 cm³/mol. The van der Waals surface area contributed by atoms with Gasteiger partial charge in [0.2, 0.25) is 0 Å². The number of hydrogen-bond donors (Lipinski definition) is 0. The molecule has 48 heavy (non-hydrogen) atoms.